The number of anilines is 1. The first-order valence-corrected chi connectivity index (χ1v) is 7.16. The maximum atomic E-state index is 11.5. The molecule has 0 spiro atoms. The highest BCUT2D eigenvalue weighted by atomic mass is 35.5. The Kier molecular flexibility index (Phi) is 3.82. The highest BCUT2D eigenvalue weighted by Gasteiger charge is 2.11. The number of benzene rings is 2. The van der Waals surface area contributed by atoms with E-state index in [9.17, 15) is 4.79 Å². The Morgan fingerprint density at radius 3 is 2.81 bits per heavy atom. The predicted molar refractivity (Wildman–Crippen MR) is 84.3 cm³/mol. The van der Waals surface area contributed by atoms with E-state index in [0.29, 0.717) is 22.8 Å². The van der Waals surface area contributed by atoms with Crippen LogP contribution in [0.15, 0.2) is 36.4 Å². The summed E-state index contributed by atoms with van der Waals surface area (Å²) in [5.74, 6) is -0.488. The van der Waals surface area contributed by atoms with E-state index in [1.165, 1.54) is 16.7 Å². The van der Waals surface area contributed by atoms with Crippen LogP contribution in [0.3, 0.4) is 0 Å². The molecule has 1 aliphatic rings. The number of hydrogen-bond acceptors (Lipinski definition) is 3. The Morgan fingerprint density at radius 1 is 1.19 bits per heavy atom. The van der Waals surface area contributed by atoms with Crippen LogP contribution in [0.2, 0.25) is 5.02 Å². The highest BCUT2D eigenvalue weighted by molar-refractivity contribution is 6.31. The number of amides is 1. The summed E-state index contributed by atoms with van der Waals surface area (Å²) in [7, 11) is 0. The van der Waals surface area contributed by atoms with Gasteiger partial charge in [-0.25, -0.2) is 0 Å². The van der Waals surface area contributed by atoms with E-state index in [1.807, 2.05) is 0 Å². The van der Waals surface area contributed by atoms with Crippen LogP contribution in [-0.2, 0) is 19.6 Å². The Morgan fingerprint density at radius 2 is 2.00 bits per heavy atom. The average molecular weight is 302 g/mol. The molecule has 0 fully saturated rings. The van der Waals surface area contributed by atoms with Crippen LogP contribution in [0.4, 0.5) is 5.69 Å². The van der Waals surface area contributed by atoms with Gasteiger partial charge in [-0.1, -0.05) is 29.8 Å². The van der Waals surface area contributed by atoms with Crippen molar-refractivity contribution in [3.05, 3.63) is 63.7 Å². The molecule has 4 nitrogen and oxygen atoms in total. The summed E-state index contributed by atoms with van der Waals surface area (Å²) in [6, 6.07) is 11.5. The molecule has 1 aliphatic heterocycles. The van der Waals surface area contributed by atoms with Gasteiger partial charge < -0.3 is 16.4 Å². The van der Waals surface area contributed by atoms with E-state index in [2.05, 4.69) is 28.8 Å². The van der Waals surface area contributed by atoms with Gasteiger partial charge in [-0.05, 0) is 34.9 Å². The van der Waals surface area contributed by atoms with Gasteiger partial charge in [0.15, 0.2) is 0 Å². The Labute approximate surface area is 128 Å². The van der Waals surface area contributed by atoms with Crippen molar-refractivity contribution in [2.75, 3.05) is 5.32 Å². The SMILES string of the molecule is NC(=O)c1cc(Cl)ccc1NCc1ccc2c(c1)CNC2. The van der Waals surface area contributed by atoms with E-state index in [-0.39, 0.29) is 0 Å². The lowest BCUT2D eigenvalue weighted by Gasteiger charge is -2.11. The summed E-state index contributed by atoms with van der Waals surface area (Å²) >= 11 is 5.90. The third kappa shape index (κ3) is 3.01. The van der Waals surface area contributed by atoms with Crippen LogP contribution in [0.1, 0.15) is 27.0 Å². The maximum absolute atomic E-state index is 11.5. The molecular weight excluding hydrogens is 286 g/mol. The third-order valence-corrected chi connectivity index (χ3v) is 3.87. The fraction of sp³-hybridized carbons (Fsp3) is 0.188. The Balaban J connectivity index is 1.77. The molecule has 0 bridgehead atoms. The normalized spacial score (nSPS) is 13.0. The summed E-state index contributed by atoms with van der Waals surface area (Å²) in [5, 5.41) is 7.07. The van der Waals surface area contributed by atoms with Gasteiger partial charge in [0.05, 0.1) is 5.56 Å². The van der Waals surface area contributed by atoms with Gasteiger partial charge >= 0.3 is 0 Å². The molecule has 21 heavy (non-hydrogen) atoms. The van der Waals surface area contributed by atoms with Gasteiger partial charge in [-0.15, -0.1) is 0 Å². The lowest BCUT2D eigenvalue weighted by molar-refractivity contribution is 0.100. The van der Waals surface area contributed by atoms with Crippen LogP contribution < -0.4 is 16.4 Å². The molecule has 0 radical (unpaired) electrons. The molecular formula is C16H16ClN3O. The zero-order valence-corrected chi connectivity index (χ0v) is 12.2. The maximum Gasteiger partial charge on any atom is 0.250 e. The van der Waals surface area contributed by atoms with Gasteiger partial charge in [-0.2, -0.15) is 0 Å². The van der Waals surface area contributed by atoms with E-state index >= 15 is 0 Å². The number of fused-ring (bicyclic) bond motifs is 1. The van der Waals surface area contributed by atoms with Crippen molar-refractivity contribution in [3.8, 4) is 0 Å². The number of nitrogens with two attached hydrogens (primary N) is 1. The van der Waals surface area contributed by atoms with Crippen molar-refractivity contribution in [1.82, 2.24) is 5.32 Å². The molecule has 108 valence electrons. The topological polar surface area (TPSA) is 67.2 Å². The highest BCUT2D eigenvalue weighted by Crippen LogP contribution is 2.22. The summed E-state index contributed by atoms with van der Waals surface area (Å²) in [4.78, 5) is 11.5. The molecule has 0 unspecified atom stereocenters. The minimum Gasteiger partial charge on any atom is -0.380 e. The zero-order chi connectivity index (χ0) is 14.8. The number of nitrogens with one attached hydrogen (secondary N) is 2. The average Bonchev–Trinajstić information content (AvgIpc) is 2.93. The molecule has 2 aromatic rings. The third-order valence-electron chi connectivity index (χ3n) is 3.63. The summed E-state index contributed by atoms with van der Waals surface area (Å²) in [5.41, 5.74) is 10.3. The minimum absolute atomic E-state index is 0.408. The largest absolute Gasteiger partial charge is 0.380 e. The van der Waals surface area contributed by atoms with Gasteiger partial charge in [-0.3, -0.25) is 4.79 Å². The molecule has 3 rings (SSSR count). The van der Waals surface area contributed by atoms with Gasteiger partial charge in [0.1, 0.15) is 0 Å². The lowest BCUT2D eigenvalue weighted by atomic mass is 10.1. The van der Waals surface area contributed by atoms with Gasteiger partial charge in [0.25, 0.3) is 5.91 Å². The zero-order valence-electron chi connectivity index (χ0n) is 11.4. The van der Waals surface area contributed by atoms with Crippen molar-refractivity contribution in [2.24, 2.45) is 5.73 Å². The second-order valence-corrected chi connectivity index (χ2v) is 5.55. The smallest absolute Gasteiger partial charge is 0.250 e. The molecule has 1 amide bonds. The van der Waals surface area contributed by atoms with Crippen LogP contribution in [0.5, 0.6) is 0 Å². The quantitative estimate of drug-likeness (QED) is 0.813. The van der Waals surface area contributed by atoms with E-state index in [1.54, 1.807) is 18.2 Å². The van der Waals surface area contributed by atoms with E-state index < -0.39 is 5.91 Å². The Bertz CT molecular complexity index is 700. The molecule has 0 saturated heterocycles. The minimum atomic E-state index is -0.488. The second kappa shape index (κ2) is 5.76. The fourth-order valence-electron chi connectivity index (χ4n) is 2.53. The number of carbonyl (C=O) groups excluding carboxylic acids is 1. The van der Waals surface area contributed by atoms with Crippen LogP contribution in [0, 0.1) is 0 Å². The number of primary amides is 1. The van der Waals surface area contributed by atoms with Crippen molar-refractivity contribution >= 4 is 23.2 Å². The van der Waals surface area contributed by atoms with Crippen molar-refractivity contribution < 1.29 is 4.79 Å². The Hall–Kier alpha value is -2.04. The molecule has 2 aromatic carbocycles. The summed E-state index contributed by atoms with van der Waals surface area (Å²) in [6.07, 6.45) is 0. The van der Waals surface area contributed by atoms with Crippen LogP contribution in [0.25, 0.3) is 0 Å². The summed E-state index contributed by atoms with van der Waals surface area (Å²) < 4.78 is 0. The molecule has 4 N–H and O–H groups in total. The van der Waals surface area contributed by atoms with Crippen molar-refractivity contribution in [2.45, 2.75) is 19.6 Å². The van der Waals surface area contributed by atoms with Crippen molar-refractivity contribution in [1.29, 1.82) is 0 Å². The standard InChI is InChI=1S/C16H16ClN3O/c17-13-3-4-15(14(6-13)16(18)21)20-7-10-1-2-11-8-19-9-12(11)5-10/h1-6,19-20H,7-9H2,(H2,18,21). The first-order chi connectivity index (χ1) is 10.1. The van der Waals surface area contributed by atoms with Gasteiger partial charge in [0, 0.05) is 30.3 Å². The molecule has 0 aliphatic carbocycles. The monoisotopic (exact) mass is 301 g/mol. The molecule has 0 atom stereocenters. The summed E-state index contributed by atoms with van der Waals surface area (Å²) in [6.45, 7) is 2.48. The molecule has 0 saturated carbocycles. The van der Waals surface area contributed by atoms with E-state index in [0.717, 1.165) is 13.1 Å². The predicted octanol–water partition coefficient (Wildman–Crippen LogP) is 2.65. The van der Waals surface area contributed by atoms with Crippen LogP contribution >= 0.6 is 11.6 Å². The number of halogens is 1. The molecule has 0 aromatic heterocycles. The first-order valence-electron chi connectivity index (χ1n) is 6.78. The van der Waals surface area contributed by atoms with E-state index in [4.69, 9.17) is 17.3 Å². The number of carbonyl (C=O) groups is 1. The lowest BCUT2D eigenvalue weighted by Crippen LogP contribution is -2.14. The molecule has 1 heterocycles. The molecule has 5 heteroatoms. The second-order valence-electron chi connectivity index (χ2n) is 5.11. The first kappa shape index (κ1) is 13.9. The number of rotatable bonds is 4. The number of hydrogen-bond donors (Lipinski definition) is 3. The van der Waals surface area contributed by atoms with Gasteiger partial charge in [0.2, 0.25) is 0 Å². The van der Waals surface area contributed by atoms with Crippen LogP contribution in [-0.4, -0.2) is 5.91 Å². The van der Waals surface area contributed by atoms with Crippen molar-refractivity contribution in [3.63, 3.8) is 0 Å². The fourth-order valence-corrected chi connectivity index (χ4v) is 2.70.